The smallest absolute Gasteiger partial charge is 0.337 e. The summed E-state index contributed by atoms with van der Waals surface area (Å²) in [5.74, 6) is -0.833. The molecule has 0 aliphatic carbocycles. The topological polar surface area (TPSA) is 59.8 Å². The molecule has 1 atom stereocenters. The van der Waals surface area contributed by atoms with Gasteiger partial charge in [0, 0.05) is 35.9 Å². The van der Waals surface area contributed by atoms with E-state index in [0.717, 1.165) is 6.20 Å². The van der Waals surface area contributed by atoms with Crippen LogP contribution in [0.2, 0.25) is 0 Å². The molecule has 0 aliphatic heterocycles. The van der Waals surface area contributed by atoms with E-state index in [-0.39, 0.29) is 11.1 Å². The molecule has 2 aromatic heterocycles. The summed E-state index contributed by atoms with van der Waals surface area (Å²) < 4.78 is 41.5. The molecule has 0 radical (unpaired) electrons. The number of benzene rings is 1. The molecule has 0 saturated carbocycles. The van der Waals surface area contributed by atoms with Crippen molar-refractivity contribution < 1.29 is 18.0 Å². The average molecular weight is 346 g/mol. The molecule has 0 fully saturated rings. The minimum atomic E-state index is -4.64. The highest BCUT2D eigenvalue weighted by molar-refractivity contribution is 5.95. The second-order valence-corrected chi connectivity index (χ2v) is 5.24. The van der Waals surface area contributed by atoms with E-state index in [9.17, 15) is 18.0 Å². The third kappa shape index (κ3) is 3.85. The van der Waals surface area contributed by atoms with Crippen molar-refractivity contribution in [3.05, 3.63) is 78.4 Å². The Balaban J connectivity index is 1.86. The van der Waals surface area contributed by atoms with Crippen LogP contribution in [0.25, 0.3) is 5.69 Å². The van der Waals surface area contributed by atoms with Crippen molar-refractivity contribution in [1.82, 2.24) is 20.1 Å². The van der Waals surface area contributed by atoms with E-state index in [1.807, 2.05) is 5.32 Å². The number of hydrogen-bond acceptors (Lipinski definition) is 3. The Morgan fingerprint density at radius 1 is 1.12 bits per heavy atom. The maximum atomic E-state index is 13.3. The monoisotopic (exact) mass is 346 g/mol. The number of nitrogens with zero attached hydrogens (tertiary/aromatic N) is 3. The highest BCUT2D eigenvalue weighted by Gasteiger charge is 2.42. The van der Waals surface area contributed by atoms with Gasteiger partial charge in [0.2, 0.25) is 0 Å². The van der Waals surface area contributed by atoms with E-state index < -0.39 is 18.1 Å². The second-order valence-electron chi connectivity index (χ2n) is 5.24. The fraction of sp³-hybridized carbons (Fsp3) is 0.118. The van der Waals surface area contributed by atoms with Crippen molar-refractivity contribution in [3.8, 4) is 5.69 Å². The minimum Gasteiger partial charge on any atom is -0.337 e. The Morgan fingerprint density at radius 2 is 1.96 bits per heavy atom. The van der Waals surface area contributed by atoms with Crippen molar-refractivity contribution in [2.45, 2.75) is 12.2 Å². The van der Waals surface area contributed by atoms with Gasteiger partial charge in [-0.15, -0.1) is 0 Å². The lowest BCUT2D eigenvalue weighted by atomic mass is 10.1. The van der Waals surface area contributed by atoms with Crippen LogP contribution in [0.4, 0.5) is 13.2 Å². The van der Waals surface area contributed by atoms with E-state index >= 15 is 0 Å². The molecule has 3 rings (SSSR count). The van der Waals surface area contributed by atoms with Crippen LogP contribution in [0, 0.1) is 0 Å². The molecule has 1 N–H and O–H groups in total. The maximum absolute atomic E-state index is 13.3. The molecule has 8 heteroatoms. The SMILES string of the molecule is O=C(N[C@H](c1cccnc1)C(F)(F)F)c1cccc(-n2cccn2)c1. The fourth-order valence-electron chi connectivity index (χ4n) is 2.33. The molecular formula is C17H13F3N4O. The number of aromatic nitrogens is 3. The summed E-state index contributed by atoms with van der Waals surface area (Å²) in [5, 5.41) is 6.06. The summed E-state index contributed by atoms with van der Waals surface area (Å²) in [6, 6.07) is 8.42. The van der Waals surface area contributed by atoms with E-state index in [2.05, 4.69) is 10.1 Å². The Morgan fingerprint density at radius 3 is 2.60 bits per heavy atom. The minimum absolute atomic E-state index is 0.103. The highest BCUT2D eigenvalue weighted by Crippen LogP contribution is 2.32. The van der Waals surface area contributed by atoms with Crippen molar-refractivity contribution in [3.63, 3.8) is 0 Å². The van der Waals surface area contributed by atoms with Gasteiger partial charge in [-0.1, -0.05) is 12.1 Å². The van der Waals surface area contributed by atoms with Gasteiger partial charge in [-0.2, -0.15) is 18.3 Å². The third-order valence-electron chi connectivity index (χ3n) is 3.50. The Hall–Kier alpha value is -3.16. The van der Waals surface area contributed by atoms with Gasteiger partial charge in [-0.05, 0) is 30.3 Å². The number of hydrogen-bond donors (Lipinski definition) is 1. The molecule has 0 aliphatic rings. The zero-order valence-electron chi connectivity index (χ0n) is 12.8. The van der Waals surface area contributed by atoms with E-state index in [0.29, 0.717) is 5.69 Å². The van der Waals surface area contributed by atoms with Gasteiger partial charge in [-0.25, -0.2) is 4.68 Å². The van der Waals surface area contributed by atoms with Gasteiger partial charge in [-0.3, -0.25) is 9.78 Å². The van der Waals surface area contributed by atoms with E-state index in [1.165, 1.54) is 35.1 Å². The lowest BCUT2D eigenvalue weighted by Crippen LogP contribution is -2.38. The summed E-state index contributed by atoms with van der Waals surface area (Å²) in [5.41, 5.74) is 0.542. The van der Waals surface area contributed by atoms with Gasteiger partial charge < -0.3 is 5.32 Å². The first-order valence-corrected chi connectivity index (χ1v) is 7.33. The Labute approximate surface area is 141 Å². The number of carbonyl (C=O) groups is 1. The van der Waals surface area contributed by atoms with Crippen molar-refractivity contribution in [1.29, 1.82) is 0 Å². The number of carbonyl (C=O) groups excluding carboxylic acids is 1. The summed E-state index contributed by atoms with van der Waals surface area (Å²) in [6.07, 6.45) is 1.04. The summed E-state index contributed by atoms with van der Waals surface area (Å²) in [7, 11) is 0. The van der Waals surface area contributed by atoms with Crippen molar-refractivity contribution >= 4 is 5.91 Å². The quantitative estimate of drug-likeness (QED) is 0.788. The van der Waals surface area contributed by atoms with Crippen LogP contribution < -0.4 is 5.32 Å². The number of amides is 1. The van der Waals surface area contributed by atoms with Gasteiger partial charge in [0.25, 0.3) is 5.91 Å². The lowest BCUT2D eigenvalue weighted by Gasteiger charge is -2.21. The highest BCUT2D eigenvalue weighted by atomic mass is 19.4. The number of rotatable bonds is 4. The fourth-order valence-corrected chi connectivity index (χ4v) is 2.33. The first-order chi connectivity index (χ1) is 11.9. The molecule has 2 heterocycles. The first-order valence-electron chi connectivity index (χ1n) is 7.33. The molecule has 0 unspecified atom stereocenters. The molecule has 5 nitrogen and oxygen atoms in total. The number of pyridine rings is 1. The predicted octanol–water partition coefficient (Wildman–Crippen LogP) is 3.30. The second kappa shape index (κ2) is 6.76. The van der Waals surface area contributed by atoms with Gasteiger partial charge in [0.1, 0.15) is 0 Å². The van der Waals surface area contributed by atoms with Crippen LogP contribution in [0.1, 0.15) is 22.0 Å². The van der Waals surface area contributed by atoms with E-state index in [1.54, 1.807) is 30.6 Å². The lowest BCUT2D eigenvalue weighted by molar-refractivity contribution is -0.155. The zero-order valence-corrected chi connectivity index (χ0v) is 12.8. The molecule has 0 spiro atoms. The molecule has 3 aromatic rings. The van der Waals surface area contributed by atoms with Gasteiger partial charge in [0.15, 0.2) is 6.04 Å². The summed E-state index contributed by atoms with van der Waals surface area (Å²) in [6.45, 7) is 0. The first kappa shape index (κ1) is 16.7. The third-order valence-corrected chi connectivity index (χ3v) is 3.50. The van der Waals surface area contributed by atoms with Crippen LogP contribution >= 0.6 is 0 Å². The van der Waals surface area contributed by atoms with Crippen LogP contribution in [-0.4, -0.2) is 26.8 Å². The van der Waals surface area contributed by atoms with Gasteiger partial charge in [0.05, 0.1) is 5.69 Å². The Bertz CT molecular complexity index is 848. The van der Waals surface area contributed by atoms with E-state index in [4.69, 9.17) is 0 Å². The molecule has 25 heavy (non-hydrogen) atoms. The van der Waals surface area contributed by atoms with Crippen molar-refractivity contribution in [2.75, 3.05) is 0 Å². The molecule has 1 aromatic carbocycles. The van der Waals surface area contributed by atoms with Crippen LogP contribution in [0.15, 0.2) is 67.3 Å². The maximum Gasteiger partial charge on any atom is 0.412 e. The molecule has 0 saturated heterocycles. The van der Waals surface area contributed by atoms with Crippen LogP contribution in [-0.2, 0) is 0 Å². The molecule has 128 valence electrons. The molecule has 0 bridgehead atoms. The molecule has 1 amide bonds. The zero-order chi connectivity index (χ0) is 17.9. The summed E-state index contributed by atoms with van der Waals surface area (Å²) >= 11 is 0. The number of alkyl halides is 3. The Kier molecular flexibility index (Phi) is 4.51. The van der Waals surface area contributed by atoms with Crippen molar-refractivity contribution in [2.24, 2.45) is 0 Å². The number of halogens is 3. The standard InChI is InChI=1S/C17H13F3N4O/c18-17(19,20)15(13-5-2-7-21-11-13)23-16(25)12-4-1-6-14(10-12)24-9-3-8-22-24/h1-11,15H,(H,23,25)/t15-/m1/s1. The normalized spacial score (nSPS) is 12.6. The van der Waals surface area contributed by atoms with Crippen LogP contribution in [0.3, 0.4) is 0 Å². The van der Waals surface area contributed by atoms with Crippen LogP contribution in [0.5, 0.6) is 0 Å². The number of nitrogens with one attached hydrogen (secondary N) is 1. The predicted molar refractivity (Wildman–Crippen MR) is 84.1 cm³/mol. The summed E-state index contributed by atoms with van der Waals surface area (Å²) in [4.78, 5) is 16.0. The largest absolute Gasteiger partial charge is 0.412 e. The average Bonchev–Trinajstić information content (AvgIpc) is 3.14. The molecular weight excluding hydrogens is 333 g/mol. The van der Waals surface area contributed by atoms with Gasteiger partial charge >= 0.3 is 6.18 Å².